The molecule has 0 fully saturated rings. The standard InChI is InChI=1S/C27H21BrCl2N2O3/c1-3-5-18-10-17(11-20(15-31)27(33)32-23-7-4-6-21(28)13-23)12-25(34-2)26(18)35-16-19-8-9-22(29)14-24(19)30/h3-4,6-14H,1,5,16H2,2H3,(H,32,33)/b20-11-. The van der Waals surface area contributed by atoms with E-state index in [1.807, 2.05) is 18.2 Å². The monoisotopic (exact) mass is 570 g/mol. The maximum atomic E-state index is 12.7. The van der Waals surface area contributed by atoms with Crippen molar-refractivity contribution in [3.05, 3.63) is 104 Å². The van der Waals surface area contributed by atoms with Crippen molar-refractivity contribution in [1.29, 1.82) is 5.26 Å². The number of benzene rings is 3. The molecule has 1 N–H and O–H groups in total. The van der Waals surface area contributed by atoms with E-state index < -0.39 is 5.91 Å². The molecule has 0 aromatic heterocycles. The lowest BCUT2D eigenvalue weighted by Gasteiger charge is -2.16. The third-order valence-electron chi connectivity index (χ3n) is 4.88. The molecule has 3 aromatic rings. The highest BCUT2D eigenvalue weighted by Gasteiger charge is 2.16. The fourth-order valence-electron chi connectivity index (χ4n) is 3.26. The minimum Gasteiger partial charge on any atom is -0.493 e. The van der Waals surface area contributed by atoms with Gasteiger partial charge < -0.3 is 14.8 Å². The van der Waals surface area contributed by atoms with E-state index in [1.54, 1.807) is 48.5 Å². The predicted octanol–water partition coefficient (Wildman–Crippen LogP) is 7.62. The topological polar surface area (TPSA) is 71.4 Å². The molecular weight excluding hydrogens is 551 g/mol. The normalized spacial score (nSPS) is 10.9. The number of nitrogens with zero attached hydrogens (tertiary/aromatic N) is 1. The van der Waals surface area contributed by atoms with Gasteiger partial charge in [0.15, 0.2) is 11.5 Å². The number of carbonyl (C=O) groups is 1. The lowest BCUT2D eigenvalue weighted by Crippen LogP contribution is -2.13. The maximum Gasteiger partial charge on any atom is 0.266 e. The first-order valence-electron chi connectivity index (χ1n) is 10.4. The molecule has 0 heterocycles. The van der Waals surface area contributed by atoms with E-state index in [0.717, 1.165) is 15.6 Å². The Hall–Kier alpha value is -3.24. The first-order valence-corrected chi connectivity index (χ1v) is 12.0. The summed E-state index contributed by atoms with van der Waals surface area (Å²) < 4.78 is 12.4. The van der Waals surface area contributed by atoms with E-state index in [4.69, 9.17) is 32.7 Å². The third-order valence-corrected chi connectivity index (χ3v) is 5.96. The Bertz CT molecular complexity index is 1330. The van der Waals surface area contributed by atoms with Crippen LogP contribution in [0.2, 0.25) is 10.0 Å². The number of rotatable bonds is 9. The van der Waals surface area contributed by atoms with Gasteiger partial charge in [-0.05, 0) is 60.5 Å². The molecule has 0 saturated heterocycles. The van der Waals surface area contributed by atoms with Gasteiger partial charge in [0.2, 0.25) is 0 Å². The van der Waals surface area contributed by atoms with Crippen molar-refractivity contribution in [1.82, 2.24) is 0 Å². The number of anilines is 1. The predicted molar refractivity (Wildman–Crippen MR) is 144 cm³/mol. The summed E-state index contributed by atoms with van der Waals surface area (Å²) in [4.78, 5) is 12.7. The third kappa shape index (κ3) is 7.12. The molecule has 0 radical (unpaired) electrons. The van der Waals surface area contributed by atoms with Crippen molar-refractivity contribution < 1.29 is 14.3 Å². The molecule has 1 amide bonds. The highest BCUT2D eigenvalue weighted by atomic mass is 79.9. The molecule has 0 atom stereocenters. The zero-order valence-electron chi connectivity index (χ0n) is 18.8. The molecule has 3 rings (SSSR count). The van der Waals surface area contributed by atoms with Gasteiger partial charge in [-0.25, -0.2) is 0 Å². The number of amides is 1. The summed E-state index contributed by atoms with van der Waals surface area (Å²) in [5, 5.41) is 13.4. The number of hydrogen-bond acceptors (Lipinski definition) is 4. The second-order valence-electron chi connectivity index (χ2n) is 7.36. The van der Waals surface area contributed by atoms with Gasteiger partial charge in [0.05, 0.1) is 7.11 Å². The second-order valence-corrected chi connectivity index (χ2v) is 9.12. The van der Waals surface area contributed by atoms with Gasteiger partial charge >= 0.3 is 0 Å². The number of hydrogen-bond donors (Lipinski definition) is 1. The summed E-state index contributed by atoms with van der Waals surface area (Å²) in [6, 6.07) is 17.8. The average molecular weight is 572 g/mol. The molecule has 0 saturated carbocycles. The van der Waals surface area contributed by atoms with Crippen LogP contribution in [0.25, 0.3) is 6.08 Å². The number of nitrogens with one attached hydrogen (secondary N) is 1. The largest absolute Gasteiger partial charge is 0.493 e. The number of allylic oxidation sites excluding steroid dienone is 1. The minimum absolute atomic E-state index is 0.0572. The van der Waals surface area contributed by atoms with Crippen LogP contribution in [0.1, 0.15) is 16.7 Å². The first-order chi connectivity index (χ1) is 16.8. The highest BCUT2D eigenvalue weighted by Crippen LogP contribution is 2.35. The Balaban J connectivity index is 1.91. The summed E-state index contributed by atoms with van der Waals surface area (Å²) >= 11 is 15.6. The molecule has 35 heavy (non-hydrogen) atoms. The van der Waals surface area contributed by atoms with Gasteiger partial charge in [0.25, 0.3) is 5.91 Å². The number of carbonyl (C=O) groups excluding carboxylic acids is 1. The van der Waals surface area contributed by atoms with E-state index in [0.29, 0.717) is 39.2 Å². The Morgan fingerprint density at radius 3 is 2.63 bits per heavy atom. The SMILES string of the molecule is C=CCc1cc(/C=C(/C#N)C(=O)Nc2cccc(Br)c2)cc(OC)c1OCc1ccc(Cl)cc1Cl. The van der Waals surface area contributed by atoms with Crippen molar-refractivity contribution in [3.8, 4) is 17.6 Å². The zero-order valence-corrected chi connectivity index (χ0v) is 21.9. The molecule has 0 aliphatic heterocycles. The number of ether oxygens (including phenoxy) is 2. The molecule has 0 spiro atoms. The highest BCUT2D eigenvalue weighted by molar-refractivity contribution is 9.10. The number of halogens is 3. The van der Waals surface area contributed by atoms with Crippen LogP contribution in [-0.2, 0) is 17.8 Å². The molecule has 0 aliphatic rings. The summed E-state index contributed by atoms with van der Waals surface area (Å²) in [5.74, 6) is 0.450. The molecule has 3 aromatic carbocycles. The molecule has 0 aliphatic carbocycles. The molecule has 5 nitrogen and oxygen atoms in total. The van der Waals surface area contributed by atoms with E-state index in [-0.39, 0.29) is 12.2 Å². The van der Waals surface area contributed by atoms with Crippen LogP contribution < -0.4 is 14.8 Å². The van der Waals surface area contributed by atoms with Gasteiger partial charge in [-0.1, -0.05) is 57.3 Å². The Morgan fingerprint density at radius 2 is 1.97 bits per heavy atom. The Morgan fingerprint density at radius 1 is 1.17 bits per heavy atom. The minimum atomic E-state index is -0.521. The van der Waals surface area contributed by atoms with Crippen LogP contribution in [0.3, 0.4) is 0 Å². The lowest BCUT2D eigenvalue weighted by molar-refractivity contribution is -0.112. The van der Waals surface area contributed by atoms with E-state index in [2.05, 4.69) is 27.8 Å². The second kappa shape index (κ2) is 12.5. The van der Waals surface area contributed by atoms with Crippen LogP contribution in [0.5, 0.6) is 11.5 Å². The van der Waals surface area contributed by atoms with Crippen molar-refractivity contribution in [2.45, 2.75) is 13.0 Å². The Labute approximate surface area is 222 Å². The van der Waals surface area contributed by atoms with Gasteiger partial charge in [0, 0.05) is 31.3 Å². The smallest absolute Gasteiger partial charge is 0.266 e. The van der Waals surface area contributed by atoms with Crippen LogP contribution >= 0.6 is 39.1 Å². The molecule has 178 valence electrons. The average Bonchev–Trinajstić information content (AvgIpc) is 2.82. The van der Waals surface area contributed by atoms with Crippen LogP contribution in [0, 0.1) is 11.3 Å². The van der Waals surface area contributed by atoms with Gasteiger partial charge in [0.1, 0.15) is 18.2 Å². The molecule has 0 bridgehead atoms. The van der Waals surface area contributed by atoms with Crippen molar-refractivity contribution in [2.24, 2.45) is 0 Å². The summed E-state index contributed by atoms with van der Waals surface area (Å²) in [7, 11) is 1.52. The van der Waals surface area contributed by atoms with Gasteiger partial charge in [-0.3, -0.25) is 4.79 Å². The van der Waals surface area contributed by atoms with Crippen LogP contribution in [0.15, 0.2) is 77.3 Å². The molecule has 8 heteroatoms. The van der Waals surface area contributed by atoms with Crippen molar-refractivity contribution >= 4 is 56.8 Å². The lowest BCUT2D eigenvalue weighted by atomic mass is 10.0. The van der Waals surface area contributed by atoms with E-state index in [9.17, 15) is 10.1 Å². The number of methoxy groups -OCH3 is 1. The zero-order chi connectivity index (χ0) is 25.4. The summed E-state index contributed by atoms with van der Waals surface area (Å²) in [6.07, 6.45) is 3.71. The maximum absolute atomic E-state index is 12.7. The summed E-state index contributed by atoms with van der Waals surface area (Å²) in [5.41, 5.74) is 2.66. The van der Waals surface area contributed by atoms with E-state index >= 15 is 0 Å². The van der Waals surface area contributed by atoms with Crippen LogP contribution in [-0.4, -0.2) is 13.0 Å². The molecule has 0 unspecified atom stereocenters. The number of nitriles is 1. The van der Waals surface area contributed by atoms with E-state index in [1.165, 1.54) is 13.2 Å². The molecular formula is C27H21BrCl2N2O3. The fourth-order valence-corrected chi connectivity index (χ4v) is 4.12. The first kappa shape index (κ1) is 26.4. The fraction of sp³-hybridized carbons (Fsp3) is 0.111. The van der Waals surface area contributed by atoms with Crippen molar-refractivity contribution in [3.63, 3.8) is 0 Å². The van der Waals surface area contributed by atoms with Crippen molar-refractivity contribution in [2.75, 3.05) is 12.4 Å². The Kier molecular flexibility index (Phi) is 9.39. The van der Waals surface area contributed by atoms with Gasteiger partial charge in [-0.15, -0.1) is 6.58 Å². The van der Waals surface area contributed by atoms with Crippen LogP contribution in [0.4, 0.5) is 5.69 Å². The quantitative estimate of drug-likeness (QED) is 0.163. The van der Waals surface area contributed by atoms with Gasteiger partial charge in [-0.2, -0.15) is 5.26 Å². The summed E-state index contributed by atoms with van der Waals surface area (Å²) in [6.45, 7) is 4.01.